The van der Waals surface area contributed by atoms with Gasteiger partial charge in [0.25, 0.3) is 0 Å². The van der Waals surface area contributed by atoms with Crippen molar-refractivity contribution in [2.24, 2.45) is 0 Å². The summed E-state index contributed by atoms with van der Waals surface area (Å²) in [6.07, 6.45) is 0. The minimum Gasteiger partial charge on any atom is -0.496 e. The normalized spacial score (nSPS) is 12.0. The molecule has 1 heterocycles. The van der Waals surface area contributed by atoms with E-state index in [4.69, 9.17) is 9.26 Å². The summed E-state index contributed by atoms with van der Waals surface area (Å²) in [7, 11) is 1.62. The predicted octanol–water partition coefficient (Wildman–Crippen LogP) is 3.10. The molecule has 2 N–H and O–H groups in total. The van der Waals surface area contributed by atoms with Crippen LogP contribution in [0.4, 0.5) is 4.79 Å². The van der Waals surface area contributed by atoms with Crippen molar-refractivity contribution in [3.8, 4) is 5.75 Å². The average Bonchev–Trinajstić information content (AvgIpc) is 3.06. The van der Waals surface area contributed by atoms with Gasteiger partial charge in [0.05, 0.1) is 7.11 Å². The second kappa shape index (κ2) is 7.21. The monoisotopic (exact) mass is 340 g/mol. The molecular weight excluding hydrogens is 320 g/mol. The van der Waals surface area contributed by atoms with E-state index in [1.54, 1.807) is 21.0 Å². The van der Waals surface area contributed by atoms with Crippen molar-refractivity contribution >= 4 is 16.8 Å². The van der Waals surface area contributed by atoms with E-state index in [1.165, 1.54) is 0 Å². The molecule has 1 unspecified atom stereocenters. The van der Waals surface area contributed by atoms with Crippen molar-refractivity contribution in [1.29, 1.82) is 0 Å². The quantitative estimate of drug-likeness (QED) is 0.745. The highest BCUT2D eigenvalue weighted by molar-refractivity contribution is 5.88. The van der Waals surface area contributed by atoms with Gasteiger partial charge in [-0.05, 0) is 30.7 Å². The zero-order chi connectivity index (χ0) is 17.8. The molecule has 130 valence electrons. The van der Waals surface area contributed by atoms with Crippen molar-refractivity contribution in [1.82, 2.24) is 20.8 Å². The summed E-state index contributed by atoms with van der Waals surface area (Å²) in [6, 6.07) is 11.2. The Morgan fingerprint density at radius 2 is 2.08 bits per heavy atom. The van der Waals surface area contributed by atoms with E-state index in [0.29, 0.717) is 18.3 Å². The number of carbonyl (C=O) groups is 1. The first-order valence-corrected chi connectivity index (χ1v) is 7.97. The largest absolute Gasteiger partial charge is 0.496 e. The van der Waals surface area contributed by atoms with Crippen LogP contribution in [0.15, 0.2) is 40.9 Å². The van der Waals surface area contributed by atoms with Gasteiger partial charge in [-0.2, -0.15) is 4.98 Å². The molecule has 3 rings (SSSR count). The summed E-state index contributed by atoms with van der Waals surface area (Å²) in [4.78, 5) is 16.3. The fourth-order valence-electron chi connectivity index (χ4n) is 2.66. The second-order valence-electron chi connectivity index (χ2n) is 5.70. The molecule has 0 radical (unpaired) electrons. The van der Waals surface area contributed by atoms with E-state index in [-0.39, 0.29) is 12.1 Å². The van der Waals surface area contributed by atoms with Crippen LogP contribution < -0.4 is 15.4 Å². The number of ether oxygens (including phenoxy) is 1. The van der Waals surface area contributed by atoms with Crippen LogP contribution in [0, 0.1) is 6.92 Å². The minimum atomic E-state index is -0.379. The van der Waals surface area contributed by atoms with Crippen LogP contribution in [0.1, 0.15) is 30.2 Å². The molecule has 0 spiro atoms. The number of nitrogens with zero attached hydrogens (tertiary/aromatic N) is 2. The third-order valence-corrected chi connectivity index (χ3v) is 3.90. The molecule has 0 fully saturated rings. The van der Waals surface area contributed by atoms with Gasteiger partial charge in [0.15, 0.2) is 5.82 Å². The van der Waals surface area contributed by atoms with Gasteiger partial charge in [0.1, 0.15) is 11.8 Å². The van der Waals surface area contributed by atoms with Gasteiger partial charge in [-0.1, -0.05) is 35.5 Å². The molecule has 1 aromatic heterocycles. The topological polar surface area (TPSA) is 89.3 Å². The van der Waals surface area contributed by atoms with Crippen molar-refractivity contribution < 1.29 is 14.1 Å². The lowest BCUT2D eigenvalue weighted by Gasteiger charge is -2.15. The van der Waals surface area contributed by atoms with Crippen molar-refractivity contribution in [3.05, 3.63) is 53.7 Å². The number of nitrogens with one attached hydrogen (secondary N) is 2. The molecule has 3 aromatic rings. The van der Waals surface area contributed by atoms with Crippen LogP contribution in [0.25, 0.3) is 10.8 Å². The fraction of sp³-hybridized carbons (Fsp3) is 0.278. The third-order valence-electron chi connectivity index (χ3n) is 3.90. The number of fused-ring (bicyclic) bond motifs is 1. The molecule has 2 aromatic carbocycles. The first-order valence-electron chi connectivity index (χ1n) is 7.97. The van der Waals surface area contributed by atoms with Crippen LogP contribution in [0.2, 0.25) is 0 Å². The number of urea groups is 1. The van der Waals surface area contributed by atoms with Crippen LogP contribution in [-0.4, -0.2) is 23.3 Å². The number of aryl methyl sites for hydroxylation is 1. The predicted molar refractivity (Wildman–Crippen MR) is 93.3 cm³/mol. The Balaban J connectivity index is 1.70. The van der Waals surface area contributed by atoms with Crippen LogP contribution in [-0.2, 0) is 6.54 Å². The van der Waals surface area contributed by atoms with E-state index >= 15 is 0 Å². The van der Waals surface area contributed by atoms with Crippen molar-refractivity contribution in [2.75, 3.05) is 7.11 Å². The zero-order valence-corrected chi connectivity index (χ0v) is 14.4. The number of benzene rings is 2. The van der Waals surface area contributed by atoms with Gasteiger partial charge in [0.2, 0.25) is 5.89 Å². The summed E-state index contributed by atoms with van der Waals surface area (Å²) < 4.78 is 10.5. The number of aromatic nitrogens is 2. The number of amides is 2. The smallest absolute Gasteiger partial charge is 0.315 e. The molecule has 2 amide bonds. The van der Waals surface area contributed by atoms with E-state index in [1.807, 2.05) is 36.4 Å². The molecule has 0 aliphatic rings. The number of rotatable bonds is 5. The maximum atomic E-state index is 12.2. The average molecular weight is 340 g/mol. The second-order valence-corrected chi connectivity index (χ2v) is 5.70. The Morgan fingerprint density at radius 1 is 1.28 bits per heavy atom. The van der Waals surface area contributed by atoms with E-state index in [0.717, 1.165) is 22.1 Å². The molecular formula is C18H20N4O3. The van der Waals surface area contributed by atoms with Crippen molar-refractivity contribution in [3.63, 3.8) is 0 Å². The Hall–Kier alpha value is -3.09. The Morgan fingerprint density at radius 3 is 2.80 bits per heavy atom. The van der Waals surface area contributed by atoms with E-state index < -0.39 is 0 Å². The Bertz CT molecular complexity index is 891. The van der Waals surface area contributed by atoms with Crippen LogP contribution in [0.3, 0.4) is 0 Å². The third kappa shape index (κ3) is 3.71. The van der Waals surface area contributed by atoms with Crippen molar-refractivity contribution in [2.45, 2.75) is 26.4 Å². The van der Waals surface area contributed by atoms with Gasteiger partial charge in [-0.15, -0.1) is 0 Å². The molecule has 0 saturated carbocycles. The maximum Gasteiger partial charge on any atom is 0.315 e. The summed E-state index contributed by atoms with van der Waals surface area (Å²) in [5.41, 5.74) is 0.928. The van der Waals surface area contributed by atoms with Gasteiger partial charge in [-0.3, -0.25) is 0 Å². The zero-order valence-electron chi connectivity index (χ0n) is 14.4. The maximum absolute atomic E-state index is 12.2. The SMILES string of the molecule is COc1ccc2ccccc2c1CNC(=O)NC(C)c1nc(C)no1. The van der Waals surface area contributed by atoms with E-state index in [9.17, 15) is 4.79 Å². The first-order chi connectivity index (χ1) is 12.1. The Labute approximate surface area is 145 Å². The lowest BCUT2D eigenvalue weighted by atomic mass is 10.0. The molecule has 1 atom stereocenters. The summed E-state index contributed by atoms with van der Waals surface area (Å²) in [6.45, 7) is 3.85. The molecule has 0 aliphatic heterocycles. The molecule has 0 aliphatic carbocycles. The van der Waals surface area contributed by atoms with Gasteiger partial charge in [-0.25, -0.2) is 4.79 Å². The van der Waals surface area contributed by atoms with Crippen LogP contribution in [0.5, 0.6) is 5.75 Å². The molecule has 0 saturated heterocycles. The number of carbonyl (C=O) groups excluding carboxylic acids is 1. The summed E-state index contributed by atoms with van der Waals surface area (Å²) >= 11 is 0. The lowest BCUT2D eigenvalue weighted by molar-refractivity contribution is 0.233. The lowest BCUT2D eigenvalue weighted by Crippen LogP contribution is -2.36. The standard InChI is InChI=1S/C18H20N4O3/c1-11(17-21-12(2)22-25-17)20-18(23)19-10-15-14-7-5-4-6-13(14)8-9-16(15)24-3/h4-9,11H,10H2,1-3H3,(H2,19,20,23). The Kier molecular flexibility index (Phi) is 4.83. The molecule has 25 heavy (non-hydrogen) atoms. The summed E-state index contributed by atoms with van der Waals surface area (Å²) in [5.74, 6) is 1.64. The first kappa shape index (κ1) is 16.8. The van der Waals surface area contributed by atoms with Gasteiger partial charge < -0.3 is 19.9 Å². The number of hydrogen-bond acceptors (Lipinski definition) is 5. The highest BCUT2D eigenvalue weighted by Gasteiger charge is 2.16. The minimum absolute atomic E-state index is 0.321. The van der Waals surface area contributed by atoms with Gasteiger partial charge >= 0.3 is 6.03 Å². The number of methoxy groups -OCH3 is 1. The molecule has 7 nitrogen and oxygen atoms in total. The highest BCUT2D eigenvalue weighted by atomic mass is 16.5. The molecule has 7 heteroatoms. The highest BCUT2D eigenvalue weighted by Crippen LogP contribution is 2.27. The fourth-order valence-corrected chi connectivity index (χ4v) is 2.66. The number of hydrogen-bond donors (Lipinski definition) is 2. The van der Waals surface area contributed by atoms with E-state index in [2.05, 4.69) is 20.8 Å². The summed E-state index contributed by atoms with van der Waals surface area (Å²) in [5, 5.41) is 11.5. The van der Waals surface area contributed by atoms with Crippen LogP contribution >= 0.6 is 0 Å². The molecule has 0 bridgehead atoms. The van der Waals surface area contributed by atoms with Gasteiger partial charge in [0, 0.05) is 12.1 Å².